The average molecular weight is 211 g/mol. The first kappa shape index (κ1) is 11.1. The third kappa shape index (κ3) is 3.58. The average Bonchev–Trinajstić information content (AvgIpc) is 2.71. The van der Waals surface area contributed by atoms with Gasteiger partial charge in [-0.3, -0.25) is 4.79 Å². The van der Waals surface area contributed by atoms with Crippen molar-refractivity contribution in [2.75, 3.05) is 19.8 Å². The number of carbonyl (C=O) groups excluding carboxylic acids is 1. The summed E-state index contributed by atoms with van der Waals surface area (Å²) >= 11 is 0. The number of morpholine rings is 1. The van der Waals surface area contributed by atoms with Gasteiger partial charge in [0.25, 0.3) is 0 Å². The highest BCUT2D eigenvalue weighted by atomic mass is 16.5. The van der Waals surface area contributed by atoms with E-state index in [1.54, 1.807) is 0 Å². The van der Waals surface area contributed by atoms with Gasteiger partial charge in [0.2, 0.25) is 0 Å². The highest BCUT2D eigenvalue weighted by Crippen LogP contribution is 2.28. The smallest absolute Gasteiger partial charge is 0.134 e. The number of ether oxygens (including phenoxy) is 1. The Morgan fingerprint density at radius 1 is 1.27 bits per heavy atom. The molecule has 2 rings (SSSR count). The van der Waals surface area contributed by atoms with Crippen LogP contribution in [0.1, 0.15) is 38.5 Å². The van der Waals surface area contributed by atoms with Crippen molar-refractivity contribution in [1.82, 2.24) is 5.32 Å². The molecule has 1 heterocycles. The van der Waals surface area contributed by atoms with Crippen LogP contribution in [-0.2, 0) is 9.53 Å². The van der Waals surface area contributed by atoms with Gasteiger partial charge in [-0.1, -0.05) is 25.7 Å². The predicted molar refractivity (Wildman–Crippen MR) is 58.8 cm³/mol. The summed E-state index contributed by atoms with van der Waals surface area (Å²) in [5, 5.41) is 3.33. The molecule has 1 aliphatic heterocycles. The largest absolute Gasteiger partial charge is 0.379 e. The van der Waals surface area contributed by atoms with Crippen LogP contribution in [0.4, 0.5) is 0 Å². The van der Waals surface area contributed by atoms with Gasteiger partial charge in [-0.05, 0) is 5.92 Å². The molecule has 0 spiro atoms. The molecule has 86 valence electrons. The van der Waals surface area contributed by atoms with Gasteiger partial charge < -0.3 is 10.1 Å². The van der Waals surface area contributed by atoms with Crippen LogP contribution in [0, 0.1) is 5.92 Å². The lowest BCUT2D eigenvalue weighted by Crippen LogP contribution is -2.42. The first-order valence-corrected chi connectivity index (χ1v) is 6.17. The van der Waals surface area contributed by atoms with Crippen LogP contribution in [0.5, 0.6) is 0 Å². The summed E-state index contributed by atoms with van der Waals surface area (Å²) in [7, 11) is 0. The molecule has 0 bridgehead atoms. The van der Waals surface area contributed by atoms with Crippen molar-refractivity contribution < 1.29 is 9.53 Å². The van der Waals surface area contributed by atoms with Crippen molar-refractivity contribution in [2.45, 2.75) is 44.6 Å². The third-order valence-corrected chi connectivity index (χ3v) is 3.46. The van der Waals surface area contributed by atoms with Crippen LogP contribution in [0.25, 0.3) is 0 Å². The van der Waals surface area contributed by atoms with Crippen LogP contribution < -0.4 is 5.32 Å². The molecule has 1 saturated heterocycles. The quantitative estimate of drug-likeness (QED) is 0.766. The lowest BCUT2D eigenvalue weighted by molar-refractivity contribution is -0.121. The summed E-state index contributed by atoms with van der Waals surface area (Å²) < 4.78 is 5.34. The molecule has 2 fully saturated rings. The maximum absolute atomic E-state index is 11.8. The molecular formula is C12H21NO2. The topological polar surface area (TPSA) is 38.3 Å². The van der Waals surface area contributed by atoms with E-state index in [1.807, 2.05) is 0 Å². The van der Waals surface area contributed by atoms with Crippen molar-refractivity contribution in [3.05, 3.63) is 0 Å². The second kappa shape index (κ2) is 5.61. The summed E-state index contributed by atoms with van der Waals surface area (Å²) in [5.74, 6) is 1.10. The van der Waals surface area contributed by atoms with E-state index in [0.717, 1.165) is 19.6 Å². The number of hydrogen-bond donors (Lipinski definition) is 1. The zero-order valence-electron chi connectivity index (χ0n) is 9.34. The fourth-order valence-corrected chi connectivity index (χ4v) is 2.65. The molecule has 3 nitrogen and oxygen atoms in total. The number of hydrogen-bond acceptors (Lipinski definition) is 3. The molecule has 1 unspecified atom stereocenters. The molecule has 0 radical (unpaired) electrons. The van der Waals surface area contributed by atoms with E-state index in [1.165, 1.54) is 25.7 Å². The van der Waals surface area contributed by atoms with Gasteiger partial charge in [0.1, 0.15) is 5.78 Å². The molecule has 0 amide bonds. The number of carbonyl (C=O) groups is 1. The zero-order chi connectivity index (χ0) is 10.5. The molecule has 1 aliphatic carbocycles. The lowest BCUT2D eigenvalue weighted by atomic mass is 9.97. The summed E-state index contributed by atoms with van der Waals surface area (Å²) in [4.78, 5) is 11.8. The maximum Gasteiger partial charge on any atom is 0.134 e. The minimum atomic E-state index is 0.271. The van der Waals surface area contributed by atoms with E-state index < -0.39 is 0 Å². The Hall–Kier alpha value is -0.410. The predicted octanol–water partition coefficient (Wildman–Crippen LogP) is 1.51. The van der Waals surface area contributed by atoms with Crippen molar-refractivity contribution >= 4 is 5.78 Å². The minimum absolute atomic E-state index is 0.271. The fourth-order valence-electron chi connectivity index (χ4n) is 2.65. The van der Waals surface area contributed by atoms with E-state index in [9.17, 15) is 4.79 Å². The Labute approximate surface area is 91.6 Å². The number of rotatable bonds is 4. The summed E-state index contributed by atoms with van der Waals surface area (Å²) in [6, 6.07) is 0.271. The van der Waals surface area contributed by atoms with Crippen molar-refractivity contribution in [1.29, 1.82) is 0 Å². The molecule has 15 heavy (non-hydrogen) atoms. The molecule has 0 aromatic rings. The second-order valence-electron chi connectivity index (χ2n) is 4.82. The molecule has 0 aromatic carbocycles. The highest BCUT2D eigenvalue weighted by molar-refractivity contribution is 5.79. The van der Waals surface area contributed by atoms with Crippen LogP contribution in [-0.4, -0.2) is 31.6 Å². The maximum atomic E-state index is 11.8. The van der Waals surface area contributed by atoms with Gasteiger partial charge in [0.05, 0.1) is 13.2 Å². The van der Waals surface area contributed by atoms with E-state index in [-0.39, 0.29) is 6.04 Å². The number of nitrogens with one attached hydrogen (secondary N) is 1. The van der Waals surface area contributed by atoms with Gasteiger partial charge in [-0.15, -0.1) is 0 Å². The van der Waals surface area contributed by atoms with Crippen LogP contribution in [0.3, 0.4) is 0 Å². The monoisotopic (exact) mass is 211 g/mol. The van der Waals surface area contributed by atoms with Crippen LogP contribution >= 0.6 is 0 Å². The van der Waals surface area contributed by atoms with Gasteiger partial charge >= 0.3 is 0 Å². The van der Waals surface area contributed by atoms with Crippen LogP contribution in [0.15, 0.2) is 0 Å². The van der Waals surface area contributed by atoms with E-state index in [2.05, 4.69) is 5.32 Å². The molecule has 0 aromatic heterocycles. The Kier molecular flexibility index (Phi) is 4.15. The van der Waals surface area contributed by atoms with Gasteiger partial charge in [-0.25, -0.2) is 0 Å². The summed E-state index contributed by atoms with van der Waals surface area (Å²) in [6.07, 6.45) is 6.64. The zero-order valence-corrected chi connectivity index (χ0v) is 9.34. The molecule has 1 saturated carbocycles. The third-order valence-electron chi connectivity index (χ3n) is 3.46. The lowest BCUT2D eigenvalue weighted by Gasteiger charge is -2.23. The van der Waals surface area contributed by atoms with Gasteiger partial charge in [0, 0.05) is 25.4 Å². The molecule has 1 atom stereocenters. The highest BCUT2D eigenvalue weighted by Gasteiger charge is 2.21. The summed E-state index contributed by atoms with van der Waals surface area (Å²) in [6.45, 7) is 2.38. The Balaban J connectivity index is 1.66. The number of Topliss-reactive ketones (excluding diaryl/α,β-unsaturated/α-hetero) is 1. The van der Waals surface area contributed by atoms with E-state index >= 15 is 0 Å². The van der Waals surface area contributed by atoms with Gasteiger partial charge in [0.15, 0.2) is 0 Å². The van der Waals surface area contributed by atoms with E-state index in [0.29, 0.717) is 24.7 Å². The van der Waals surface area contributed by atoms with E-state index in [4.69, 9.17) is 4.74 Å². The molecular weight excluding hydrogens is 190 g/mol. The minimum Gasteiger partial charge on any atom is -0.379 e. The number of ketones is 1. The first-order chi connectivity index (χ1) is 7.34. The Morgan fingerprint density at radius 3 is 2.73 bits per heavy atom. The van der Waals surface area contributed by atoms with Crippen molar-refractivity contribution in [2.24, 2.45) is 5.92 Å². The van der Waals surface area contributed by atoms with Crippen molar-refractivity contribution in [3.8, 4) is 0 Å². The molecule has 1 N–H and O–H groups in total. The molecule has 2 aliphatic rings. The first-order valence-electron chi connectivity index (χ1n) is 6.17. The normalized spacial score (nSPS) is 28.1. The van der Waals surface area contributed by atoms with Crippen LogP contribution in [0.2, 0.25) is 0 Å². The second-order valence-corrected chi connectivity index (χ2v) is 4.82. The Morgan fingerprint density at radius 2 is 2.07 bits per heavy atom. The Bertz CT molecular complexity index is 206. The van der Waals surface area contributed by atoms with Gasteiger partial charge in [-0.2, -0.15) is 0 Å². The SMILES string of the molecule is O=C(CC1CCCC1)CC1COCCN1. The molecule has 3 heteroatoms. The van der Waals surface area contributed by atoms with Crippen molar-refractivity contribution in [3.63, 3.8) is 0 Å². The summed E-state index contributed by atoms with van der Waals surface area (Å²) in [5.41, 5.74) is 0. The standard InChI is InChI=1S/C12H21NO2/c14-12(7-10-3-1-2-4-10)8-11-9-15-6-5-13-11/h10-11,13H,1-9H2. The fraction of sp³-hybridized carbons (Fsp3) is 0.917.